The first kappa shape index (κ1) is 11.7. The van der Waals surface area contributed by atoms with Crippen molar-refractivity contribution in [3.05, 3.63) is 35.4 Å². The Morgan fingerprint density at radius 2 is 2.27 bits per heavy atom. The van der Waals surface area contributed by atoms with Gasteiger partial charge in [-0.1, -0.05) is 29.8 Å². The van der Waals surface area contributed by atoms with Crippen molar-refractivity contribution in [2.24, 2.45) is 5.73 Å². The van der Waals surface area contributed by atoms with Gasteiger partial charge in [-0.2, -0.15) is 0 Å². The summed E-state index contributed by atoms with van der Waals surface area (Å²) in [6, 6.07) is 7.95. The second-order valence-electron chi connectivity index (χ2n) is 3.89. The average Bonchev–Trinajstić information content (AvgIpc) is 2.14. The Bertz CT molecular complexity index is 336. The van der Waals surface area contributed by atoms with E-state index < -0.39 is 5.97 Å². The molecule has 0 aliphatic rings. The van der Waals surface area contributed by atoms with Crippen LogP contribution in [0.3, 0.4) is 0 Å². The van der Waals surface area contributed by atoms with Crippen molar-refractivity contribution in [1.82, 2.24) is 0 Å². The molecule has 1 aromatic carbocycles. The van der Waals surface area contributed by atoms with Gasteiger partial charge in [0.2, 0.25) is 0 Å². The largest absolute Gasteiger partial charge is 0.481 e. The van der Waals surface area contributed by atoms with Gasteiger partial charge in [0.1, 0.15) is 0 Å². The molecule has 0 aliphatic heterocycles. The number of nitrogens with two attached hydrogens (primary N) is 1. The van der Waals surface area contributed by atoms with Crippen molar-refractivity contribution in [1.29, 1.82) is 0 Å². The molecule has 15 heavy (non-hydrogen) atoms. The summed E-state index contributed by atoms with van der Waals surface area (Å²) in [7, 11) is 0. The lowest BCUT2D eigenvalue weighted by atomic mass is 10.0. The molecule has 1 atom stereocenters. The highest BCUT2D eigenvalue weighted by Gasteiger charge is 2.07. The monoisotopic (exact) mass is 207 g/mol. The standard InChI is InChI=1S/C12H17NO2/c1-9-3-2-4-10(7-9)5-6-11(13)8-12(14)15/h2-4,7,11H,5-6,8,13H2,1H3,(H,14,15). The van der Waals surface area contributed by atoms with Gasteiger partial charge in [0, 0.05) is 6.04 Å². The molecule has 0 saturated carbocycles. The number of rotatable bonds is 5. The average molecular weight is 207 g/mol. The van der Waals surface area contributed by atoms with E-state index in [0.717, 1.165) is 12.8 Å². The summed E-state index contributed by atoms with van der Waals surface area (Å²) in [6.07, 6.45) is 1.61. The van der Waals surface area contributed by atoms with Crippen LogP contribution >= 0.6 is 0 Å². The molecule has 0 spiro atoms. The molecule has 0 fully saturated rings. The third kappa shape index (κ3) is 4.61. The molecule has 0 amide bonds. The summed E-state index contributed by atoms with van der Waals surface area (Å²) in [5.74, 6) is -0.827. The van der Waals surface area contributed by atoms with Gasteiger partial charge in [0.25, 0.3) is 0 Å². The number of aliphatic carboxylic acids is 1. The highest BCUT2D eigenvalue weighted by atomic mass is 16.4. The van der Waals surface area contributed by atoms with Crippen molar-refractivity contribution in [3.8, 4) is 0 Å². The van der Waals surface area contributed by atoms with Crippen LogP contribution in [0.2, 0.25) is 0 Å². The summed E-state index contributed by atoms with van der Waals surface area (Å²) < 4.78 is 0. The molecular formula is C12H17NO2. The lowest BCUT2D eigenvalue weighted by molar-refractivity contribution is -0.137. The van der Waals surface area contributed by atoms with E-state index in [1.807, 2.05) is 25.1 Å². The SMILES string of the molecule is Cc1cccc(CCC(N)CC(=O)O)c1. The van der Waals surface area contributed by atoms with E-state index in [4.69, 9.17) is 10.8 Å². The molecule has 1 aromatic rings. The summed E-state index contributed by atoms with van der Waals surface area (Å²) in [5.41, 5.74) is 8.12. The highest BCUT2D eigenvalue weighted by Crippen LogP contribution is 2.08. The van der Waals surface area contributed by atoms with Crippen LogP contribution in [0.5, 0.6) is 0 Å². The molecule has 3 nitrogen and oxygen atoms in total. The number of aryl methyl sites for hydroxylation is 2. The normalized spacial score (nSPS) is 12.4. The van der Waals surface area contributed by atoms with E-state index in [-0.39, 0.29) is 12.5 Å². The highest BCUT2D eigenvalue weighted by molar-refractivity contribution is 5.67. The fourth-order valence-corrected chi connectivity index (χ4v) is 1.55. The van der Waals surface area contributed by atoms with Crippen LogP contribution in [-0.4, -0.2) is 17.1 Å². The van der Waals surface area contributed by atoms with Crippen LogP contribution < -0.4 is 5.73 Å². The van der Waals surface area contributed by atoms with Crippen molar-refractivity contribution >= 4 is 5.97 Å². The molecule has 1 rings (SSSR count). The van der Waals surface area contributed by atoms with Gasteiger partial charge < -0.3 is 10.8 Å². The predicted octanol–water partition coefficient (Wildman–Crippen LogP) is 1.73. The fraction of sp³-hybridized carbons (Fsp3) is 0.417. The molecule has 0 bridgehead atoms. The minimum atomic E-state index is -0.827. The number of hydrogen-bond donors (Lipinski definition) is 2. The van der Waals surface area contributed by atoms with Gasteiger partial charge in [-0.25, -0.2) is 0 Å². The molecule has 3 heteroatoms. The van der Waals surface area contributed by atoms with E-state index in [1.54, 1.807) is 0 Å². The first-order valence-corrected chi connectivity index (χ1v) is 5.11. The second-order valence-corrected chi connectivity index (χ2v) is 3.89. The number of hydrogen-bond acceptors (Lipinski definition) is 2. The van der Waals surface area contributed by atoms with Gasteiger partial charge in [-0.15, -0.1) is 0 Å². The first-order valence-electron chi connectivity index (χ1n) is 5.11. The summed E-state index contributed by atoms with van der Waals surface area (Å²) in [5, 5.41) is 8.55. The number of carboxylic acids is 1. The van der Waals surface area contributed by atoms with Gasteiger partial charge in [-0.3, -0.25) is 4.79 Å². The molecule has 0 heterocycles. The van der Waals surface area contributed by atoms with Crippen LogP contribution in [0.4, 0.5) is 0 Å². The third-order valence-electron chi connectivity index (χ3n) is 2.32. The molecule has 3 N–H and O–H groups in total. The summed E-state index contributed by atoms with van der Waals surface area (Å²) in [4.78, 5) is 10.4. The van der Waals surface area contributed by atoms with Crippen LogP contribution in [0.15, 0.2) is 24.3 Å². The predicted molar refractivity (Wildman–Crippen MR) is 59.7 cm³/mol. The zero-order chi connectivity index (χ0) is 11.3. The van der Waals surface area contributed by atoms with Gasteiger partial charge in [-0.05, 0) is 25.3 Å². The smallest absolute Gasteiger partial charge is 0.304 e. The van der Waals surface area contributed by atoms with E-state index in [0.29, 0.717) is 0 Å². The van der Waals surface area contributed by atoms with Crippen molar-refractivity contribution < 1.29 is 9.90 Å². The van der Waals surface area contributed by atoms with E-state index in [2.05, 4.69) is 6.07 Å². The molecule has 82 valence electrons. The fourth-order valence-electron chi connectivity index (χ4n) is 1.55. The Balaban J connectivity index is 2.40. The van der Waals surface area contributed by atoms with Gasteiger partial charge >= 0.3 is 5.97 Å². The van der Waals surface area contributed by atoms with Crippen molar-refractivity contribution in [2.75, 3.05) is 0 Å². The second kappa shape index (κ2) is 5.51. The minimum Gasteiger partial charge on any atom is -0.481 e. The van der Waals surface area contributed by atoms with Gasteiger partial charge in [0.15, 0.2) is 0 Å². The molecule has 0 aromatic heterocycles. The quantitative estimate of drug-likeness (QED) is 0.772. The lowest BCUT2D eigenvalue weighted by Gasteiger charge is -2.08. The Hall–Kier alpha value is -1.35. The van der Waals surface area contributed by atoms with E-state index >= 15 is 0 Å². The number of carboxylic acid groups (broad SMARTS) is 1. The van der Waals surface area contributed by atoms with Crippen molar-refractivity contribution in [3.63, 3.8) is 0 Å². The maximum Gasteiger partial charge on any atom is 0.304 e. The minimum absolute atomic E-state index is 0.0474. The molecule has 0 radical (unpaired) electrons. The number of carbonyl (C=O) groups is 1. The van der Waals surface area contributed by atoms with E-state index in [1.165, 1.54) is 11.1 Å². The Labute approximate surface area is 89.9 Å². The zero-order valence-corrected chi connectivity index (χ0v) is 8.94. The van der Waals surface area contributed by atoms with Crippen LogP contribution in [0, 0.1) is 6.92 Å². The third-order valence-corrected chi connectivity index (χ3v) is 2.32. The zero-order valence-electron chi connectivity index (χ0n) is 8.94. The molecule has 0 aliphatic carbocycles. The molecule has 0 saturated heterocycles. The van der Waals surface area contributed by atoms with Crippen LogP contribution in [0.25, 0.3) is 0 Å². The maximum absolute atomic E-state index is 10.4. The number of benzene rings is 1. The summed E-state index contributed by atoms with van der Waals surface area (Å²) in [6.45, 7) is 2.04. The Kier molecular flexibility index (Phi) is 4.31. The summed E-state index contributed by atoms with van der Waals surface area (Å²) >= 11 is 0. The maximum atomic E-state index is 10.4. The first-order chi connectivity index (χ1) is 7.08. The Morgan fingerprint density at radius 3 is 2.87 bits per heavy atom. The van der Waals surface area contributed by atoms with E-state index in [9.17, 15) is 4.79 Å². The van der Waals surface area contributed by atoms with Gasteiger partial charge in [0.05, 0.1) is 6.42 Å². The molecule has 1 unspecified atom stereocenters. The van der Waals surface area contributed by atoms with Crippen LogP contribution in [0.1, 0.15) is 24.0 Å². The molecular weight excluding hydrogens is 190 g/mol. The topological polar surface area (TPSA) is 63.3 Å². The lowest BCUT2D eigenvalue weighted by Crippen LogP contribution is -2.24. The van der Waals surface area contributed by atoms with Crippen LogP contribution in [-0.2, 0) is 11.2 Å². The van der Waals surface area contributed by atoms with Crippen molar-refractivity contribution in [2.45, 2.75) is 32.2 Å². The Morgan fingerprint density at radius 1 is 1.53 bits per heavy atom.